The number of methoxy groups -OCH3 is 1. The van der Waals surface area contributed by atoms with Crippen LogP contribution in [0.5, 0.6) is 11.5 Å². The minimum atomic E-state index is -0.705. The van der Waals surface area contributed by atoms with Gasteiger partial charge in [0.15, 0.2) is 11.5 Å². The number of aliphatic hydroxyl groups is 1. The van der Waals surface area contributed by atoms with Gasteiger partial charge in [0.25, 0.3) is 0 Å². The predicted octanol–water partition coefficient (Wildman–Crippen LogP) is 2.85. The van der Waals surface area contributed by atoms with Gasteiger partial charge in [-0.2, -0.15) is 0 Å². The molecule has 1 N–H and O–H groups in total. The number of nitrogens with zero attached hydrogens (tertiary/aromatic N) is 1. The molecule has 0 radical (unpaired) electrons. The number of fused-ring (bicyclic) bond motifs is 2. The number of likely N-dealkylation sites (tertiary alicyclic amines) is 1. The topological polar surface area (TPSA) is 68.2 Å². The van der Waals surface area contributed by atoms with E-state index in [1.807, 2.05) is 18.2 Å². The molecule has 1 aromatic rings. The van der Waals surface area contributed by atoms with Gasteiger partial charge in [-0.25, -0.2) is 4.79 Å². The quantitative estimate of drug-likeness (QED) is 0.856. The molecule has 6 nitrogen and oxygen atoms in total. The molecule has 4 rings (SSSR count). The van der Waals surface area contributed by atoms with Gasteiger partial charge >= 0.3 is 6.09 Å². The number of hydrogen-bond acceptors (Lipinski definition) is 5. The molecule has 24 heavy (non-hydrogen) atoms. The fourth-order valence-corrected chi connectivity index (χ4v) is 4.51. The molecule has 3 atom stereocenters. The first kappa shape index (κ1) is 15.6. The van der Waals surface area contributed by atoms with Crippen LogP contribution in [0.1, 0.15) is 43.7 Å². The third-order valence-corrected chi connectivity index (χ3v) is 5.71. The lowest BCUT2D eigenvalue weighted by atomic mass is 9.66. The second-order valence-corrected chi connectivity index (χ2v) is 6.93. The maximum Gasteiger partial charge on any atom is 0.410 e. The van der Waals surface area contributed by atoms with E-state index in [9.17, 15) is 9.90 Å². The standard InChI is InChI=1S/C18H23NO5/c1-22-17(20)19-9-8-18(21)7-3-2-4-13(18)16(19)12-5-6-14-15(10-12)24-11-23-14/h5-6,10,13,16,21H,2-4,7-9,11H2,1H3/t13?,16-,18?/m0/s1. The highest BCUT2D eigenvalue weighted by Gasteiger charge is 2.50. The smallest absolute Gasteiger partial charge is 0.410 e. The van der Waals surface area contributed by atoms with Crippen LogP contribution in [0.4, 0.5) is 4.79 Å². The van der Waals surface area contributed by atoms with E-state index in [1.165, 1.54) is 7.11 Å². The molecule has 2 fully saturated rings. The highest BCUT2D eigenvalue weighted by Crippen LogP contribution is 2.50. The Kier molecular flexibility index (Phi) is 3.79. The lowest BCUT2D eigenvalue weighted by Crippen LogP contribution is -2.56. The summed E-state index contributed by atoms with van der Waals surface area (Å²) in [7, 11) is 1.40. The molecule has 1 amide bonds. The zero-order chi connectivity index (χ0) is 16.7. The number of benzene rings is 1. The molecule has 2 unspecified atom stereocenters. The van der Waals surface area contributed by atoms with Crippen molar-refractivity contribution in [2.75, 3.05) is 20.4 Å². The summed E-state index contributed by atoms with van der Waals surface area (Å²) >= 11 is 0. The van der Waals surface area contributed by atoms with E-state index in [0.717, 1.165) is 37.0 Å². The molecular weight excluding hydrogens is 310 g/mol. The largest absolute Gasteiger partial charge is 0.454 e. The van der Waals surface area contributed by atoms with Crippen molar-refractivity contribution in [3.63, 3.8) is 0 Å². The van der Waals surface area contributed by atoms with Crippen molar-refractivity contribution in [2.24, 2.45) is 5.92 Å². The summed E-state index contributed by atoms with van der Waals surface area (Å²) in [6, 6.07) is 5.58. The van der Waals surface area contributed by atoms with Gasteiger partial charge in [0.05, 0.1) is 18.8 Å². The first-order valence-electron chi connectivity index (χ1n) is 8.59. The fraction of sp³-hybridized carbons (Fsp3) is 0.611. The van der Waals surface area contributed by atoms with Gasteiger partial charge < -0.3 is 24.2 Å². The summed E-state index contributed by atoms with van der Waals surface area (Å²) in [4.78, 5) is 14.1. The molecule has 1 saturated heterocycles. The molecule has 0 bridgehead atoms. The van der Waals surface area contributed by atoms with E-state index < -0.39 is 5.60 Å². The minimum Gasteiger partial charge on any atom is -0.454 e. The lowest BCUT2D eigenvalue weighted by Gasteiger charge is -2.52. The summed E-state index contributed by atoms with van der Waals surface area (Å²) < 4.78 is 15.9. The van der Waals surface area contributed by atoms with Gasteiger partial charge in [-0.1, -0.05) is 18.9 Å². The lowest BCUT2D eigenvalue weighted by molar-refractivity contribution is -0.117. The van der Waals surface area contributed by atoms with E-state index >= 15 is 0 Å². The van der Waals surface area contributed by atoms with Gasteiger partial charge in [-0.15, -0.1) is 0 Å². The number of hydrogen-bond donors (Lipinski definition) is 1. The molecule has 1 aromatic carbocycles. The normalized spacial score (nSPS) is 31.5. The van der Waals surface area contributed by atoms with Crippen LogP contribution in [-0.2, 0) is 4.74 Å². The Labute approximate surface area is 141 Å². The molecule has 0 spiro atoms. The molecule has 2 heterocycles. The molecule has 3 aliphatic rings. The van der Waals surface area contributed by atoms with E-state index in [0.29, 0.717) is 18.7 Å². The van der Waals surface area contributed by atoms with Gasteiger partial charge in [0.2, 0.25) is 6.79 Å². The van der Waals surface area contributed by atoms with E-state index in [-0.39, 0.29) is 24.8 Å². The summed E-state index contributed by atoms with van der Waals surface area (Å²) in [6.07, 6.45) is 4.08. The second kappa shape index (κ2) is 5.84. The summed E-state index contributed by atoms with van der Waals surface area (Å²) in [5, 5.41) is 11.2. The van der Waals surface area contributed by atoms with Gasteiger partial charge in [-0.3, -0.25) is 0 Å². The third-order valence-electron chi connectivity index (χ3n) is 5.71. The SMILES string of the molecule is COC(=O)N1CCC2(O)CCCCC2[C@@H]1c1ccc2c(c1)OCO2. The van der Waals surface area contributed by atoms with Crippen molar-refractivity contribution in [1.29, 1.82) is 0 Å². The highest BCUT2D eigenvalue weighted by molar-refractivity contribution is 5.68. The van der Waals surface area contributed by atoms with E-state index in [1.54, 1.807) is 4.90 Å². The van der Waals surface area contributed by atoms with Crippen molar-refractivity contribution in [3.05, 3.63) is 23.8 Å². The van der Waals surface area contributed by atoms with Crippen LogP contribution in [0.15, 0.2) is 18.2 Å². The Morgan fingerprint density at radius 1 is 1.29 bits per heavy atom. The van der Waals surface area contributed by atoms with Crippen LogP contribution in [0.3, 0.4) is 0 Å². The molecule has 1 saturated carbocycles. The van der Waals surface area contributed by atoms with Crippen molar-refractivity contribution in [1.82, 2.24) is 4.90 Å². The van der Waals surface area contributed by atoms with Crippen LogP contribution in [-0.4, -0.2) is 42.1 Å². The monoisotopic (exact) mass is 333 g/mol. The molecule has 2 aliphatic heterocycles. The molecular formula is C18H23NO5. The van der Waals surface area contributed by atoms with Crippen molar-refractivity contribution in [3.8, 4) is 11.5 Å². The average Bonchev–Trinajstić information content (AvgIpc) is 3.07. The number of carbonyl (C=O) groups is 1. The molecule has 130 valence electrons. The summed E-state index contributed by atoms with van der Waals surface area (Å²) in [5.74, 6) is 1.43. The third kappa shape index (κ3) is 2.40. The summed E-state index contributed by atoms with van der Waals surface area (Å²) in [5.41, 5.74) is 0.263. The Morgan fingerprint density at radius 2 is 2.12 bits per heavy atom. The zero-order valence-electron chi connectivity index (χ0n) is 13.9. The van der Waals surface area contributed by atoms with Crippen LogP contribution in [0.2, 0.25) is 0 Å². The van der Waals surface area contributed by atoms with Crippen LogP contribution in [0.25, 0.3) is 0 Å². The van der Waals surface area contributed by atoms with E-state index in [2.05, 4.69) is 0 Å². The molecule has 1 aliphatic carbocycles. The number of carbonyl (C=O) groups excluding carboxylic acids is 1. The number of piperidine rings is 1. The number of rotatable bonds is 1. The van der Waals surface area contributed by atoms with Gasteiger partial charge in [0, 0.05) is 12.5 Å². The second-order valence-electron chi connectivity index (χ2n) is 6.93. The Balaban J connectivity index is 1.74. The van der Waals surface area contributed by atoms with E-state index in [4.69, 9.17) is 14.2 Å². The van der Waals surface area contributed by atoms with Crippen molar-refractivity contribution < 1.29 is 24.1 Å². The minimum absolute atomic E-state index is 0.0134. The summed E-state index contributed by atoms with van der Waals surface area (Å²) in [6.45, 7) is 0.719. The first-order valence-corrected chi connectivity index (χ1v) is 8.59. The van der Waals surface area contributed by atoms with Gasteiger partial charge in [0.1, 0.15) is 0 Å². The Hall–Kier alpha value is -1.95. The molecule has 6 heteroatoms. The average molecular weight is 333 g/mol. The van der Waals surface area contributed by atoms with Crippen LogP contribution in [0, 0.1) is 5.92 Å². The van der Waals surface area contributed by atoms with Crippen LogP contribution >= 0.6 is 0 Å². The number of amides is 1. The van der Waals surface area contributed by atoms with Crippen molar-refractivity contribution >= 4 is 6.09 Å². The Morgan fingerprint density at radius 3 is 2.96 bits per heavy atom. The van der Waals surface area contributed by atoms with Crippen molar-refractivity contribution in [2.45, 2.75) is 43.7 Å². The molecule has 0 aromatic heterocycles. The zero-order valence-corrected chi connectivity index (χ0v) is 13.9. The maximum atomic E-state index is 12.3. The number of ether oxygens (including phenoxy) is 3. The predicted molar refractivity (Wildman–Crippen MR) is 85.9 cm³/mol. The maximum absolute atomic E-state index is 12.3. The van der Waals surface area contributed by atoms with Crippen LogP contribution < -0.4 is 9.47 Å². The Bertz CT molecular complexity index is 648. The van der Waals surface area contributed by atoms with Gasteiger partial charge in [-0.05, 0) is 37.0 Å². The first-order chi connectivity index (χ1) is 11.6. The highest BCUT2D eigenvalue weighted by atomic mass is 16.7. The fourth-order valence-electron chi connectivity index (χ4n) is 4.51.